The highest BCUT2D eigenvalue weighted by atomic mass is 16.2. The predicted octanol–water partition coefficient (Wildman–Crippen LogP) is 2.13. The molecule has 2 amide bonds. The van der Waals surface area contributed by atoms with Crippen LogP contribution in [0.25, 0.3) is 10.9 Å². The second kappa shape index (κ2) is 5.74. The fourth-order valence-electron chi connectivity index (χ4n) is 4.24. The van der Waals surface area contributed by atoms with E-state index in [1.54, 1.807) is 0 Å². The number of aromatic nitrogens is 1. The lowest BCUT2D eigenvalue weighted by atomic mass is 9.78. The number of fused-ring (bicyclic) bond motifs is 5. The van der Waals surface area contributed by atoms with E-state index >= 15 is 0 Å². The highest BCUT2D eigenvalue weighted by Crippen LogP contribution is 2.45. The number of carbonyl (C=O) groups is 2. The third-order valence-corrected chi connectivity index (χ3v) is 5.35. The average molecular weight is 325 g/mol. The van der Waals surface area contributed by atoms with Crippen LogP contribution in [0.5, 0.6) is 0 Å². The van der Waals surface area contributed by atoms with Gasteiger partial charge in [-0.25, -0.2) is 0 Å². The van der Waals surface area contributed by atoms with Crippen LogP contribution in [-0.2, 0) is 16.0 Å². The number of rotatable bonds is 4. The van der Waals surface area contributed by atoms with E-state index in [1.165, 1.54) is 4.90 Å². The van der Waals surface area contributed by atoms with E-state index in [2.05, 4.69) is 16.0 Å². The predicted molar refractivity (Wildman–Crippen MR) is 92.7 cm³/mol. The van der Waals surface area contributed by atoms with Crippen molar-refractivity contribution in [3.05, 3.63) is 35.5 Å². The monoisotopic (exact) mass is 325 g/mol. The van der Waals surface area contributed by atoms with Crippen LogP contribution in [0.4, 0.5) is 0 Å². The molecular weight excluding hydrogens is 302 g/mol. The first-order valence-electron chi connectivity index (χ1n) is 8.67. The first-order chi connectivity index (χ1) is 11.6. The van der Waals surface area contributed by atoms with Crippen LogP contribution in [0, 0.1) is 5.92 Å². The van der Waals surface area contributed by atoms with Crippen LogP contribution in [0.1, 0.15) is 30.0 Å². The van der Waals surface area contributed by atoms with Gasteiger partial charge in [-0.3, -0.25) is 14.5 Å². The summed E-state index contributed by atoms with van der Waals surface area (Å²) in [6.07, 6.45) is 2.43. The van der Waals surface area contributed by atoms with Gasteiger partial charge in [-0.15, -0.1) is 0 Å². The fourth-order valence-corrected chi connectivity index (χ4v) is 4.24. The van der Waals surface area contributed by atoms with Crippen molar-refractivity contribution in [2.75, 3.05) is 27.2 Å². The zero-order valence-electron chi connectivity index (χ0n) is 14.2. The molecular formula is C19H23N3O2. The molecule has 1 fully saturated rings. The second-order valence-corrected chi connectivity index (χ2v) is 7.17. The molecule has 2 atom stereocenters. The summed E-state index contributed by atoms with van der Waals surface area (Å²) in [6.45, 7) is 1.41. The van der Waals surface area contributed by atoms with E-state index in [1.807, 2.05) is 32.3 Å². The Labute approximate surface area is 141 Å². The van der Waals surface area contributed by atoms with E-state index in [4.69, 9.17) is 0 Å². The van der Waals surface area contributed by atoms with Gasteiger partial charge in [0.2, 0.25) is 11.8 Å². The Morgan fingerprint density at radius 1 is 1.21 bits per heavy atom. The molecule has 2 aromatic rings. The molecule has 126 valence electrons. The second-order valence-electron chi connectivity index (χ2n) is 7.17. The Morgan fingerprint density at radius 3 is 2.79 bits per heavy atom. The van der Waals surface area contributed by atoms with Crippen molar-refractivity contribution in [3.63, 3.8) is 0 Å². The number of imide groups is 1. The van der Waals surface area contributed by atoms with Gasteiger partial charge in [0.25, 0.3) is 0 Å². The standard InChI is InChI=1S/C19H23N3O2/c1-21(2)10-5-11-22-18(23)13-8-9-15-16(17(13)19(22)24)12-6-3-4-7-14(12)20-15/h3-4,6-7,13,17,20H,5,8-11H2,1-2H3/t13-,17+/m1/s1. The van der Waals surface area contributed by atoms with Crippen LogP contribution in [-0.4, -0.2) is 53.8 Å². The van der Waals surface area contributed by atoms with Gasteiger partial charge < -0.3 is 9.88 Å². The lowest BCUT2D eigenvalue weighted by molar-refractivity contribution is -0.139. The lowest BCUT2D eigenvalue weighted by Gasteiger charge is -2.21. The van der Waals surface area contributed by atoms with Gasteiger partial charge in [0.05, 0.1) is 11.8 Å². The Balaban J connectivity index is 1.68. The number of hydrogen-bond donors (Lipinski definition) is 1. The third-order valence-electron chi connectivity index (χ3n) is 5.35. The molecule has 2 heterocycles. The zero-order valence-corrected chi connectivity index (χ0v) is 14.2. The summed E-state index contributed by atoms with van der Waals surface area (Å²) in [6, 6.07) is 8.09. The number of H-pyrrole nitrogens is 1. The van der Waals surface area contributed by atoms with E-state index in [-0.39, 0.29) is 23.7 Å². The molecule has 0 spiro atoms. The maximum atomic E-state index is 13.0. The first kappa shape index (κ1) is 15.4. The Morgan fingerprint density at radius 2 is 2.00 bits per heavy atom. The summed E-state index contributed by atoms with van der Waals surface area (Å²) in [5.41, 5.74) is 3.26. The number of likely N-dealkylation sites (tertiary alicyclic amines) is 1. The molecule has 1 aliphatic heterocycles. The number of nitrogens with zero attached hydrogens (tertiary/aromatic N) is 2. The summed E-state index contributed by atoms with van der Waals surface area (Å²) in [5.74, 6) is -0.450. The Hall–Kier alpha value is -2.14. The normalized spacial score (nSPS) is 23.2. The molecule has 24 heavy (non-hydrogen) atoms. The molecule has 0 saturated carbocycles. The summed E-state index contributed by atoms with van der Waals surface area (Å²) in [4.78, 5) is 32.8. The summed E-state index contributed by atoms with van der Waals surface area (Å²) in [7, 11) is 4.01. The SMILES string of the molecule is CN(C)CCCN1C(=O)[C@@H]2c3c([nH]c4ccccc34)CC[C@H]2C1=O. The van der Waals surface area contributed by atoms with E-state index in [0.717, 1.165) is 48.0 Å². The lowest BCUT2D eigenvalue weighted by Crippen LogP contribution is -2.33. The number of para-hydroxylation sites is 1. The van der Waals surface area contributed by atoms with Gasteiger partial charge in [0.1, 0.15) is 0 Å². The van der Waals surface area contributed by atoms with E-state index in [9.17, 15) is 9.59 Å². The number of hydrogen-bond acceptors (Lipinski definition) is 3. The third kappa shape index (κ3) is 2.26. The minimum Gasteiger partial charge on any atom is -0.358 e. The number of aromatic amines is 1. The summed E-state index contributed by atoms with van der Waals surface area (Å²) in [5, 5.41) is 1.10. The highest BCUT2D eigenvalue weighted by Gasteiger charge is 2.51. The van der Waals surface area contributed by atoms with Gasteiger partial charge >= 0.3 is 0 Å². The molecule has 5 nitrogen and oxygen atoms in total. The number of carbonyl (C=O) groups excluding carboxylic acids is 2. The van der Waals surface area contributed by atoms with Crippen LogP contribution in [0.3, 0.4) is 0 Å². The van der Waals surface area contributed by atoms with Crippen molar-refractivity contribution >= 4 is 22.7 Å². The van der Waals surface area contributed by atoms with Gasteiger partial charge in [-0.05, 0) is 51.5 Å². The molecule has 1 N–H and O–H groups in total. The molecule has 1 aromatic carbocycles. The largest absolute Gasteiger partial charge is 0.358 e. The average Bonchev–Trinajstić information content (AvgIpc) is 3.05. The summed E-state index contributed by atoms with van der Waals surface area (Å²) < 4.78 is 0. The Bertz CT molecular complexity index is 808. The number of aryl methyl sites for hydroxylation is 1. The highest BCUT2D eigenvalue weighted by molar-refractivity contribution is 6.10. The van der Waals surface area contributed by atoms with Crippen molar-refractivity contribution in [2.24, 2.45) is 5.92 Å². The Kier molecular flexibility index (Phi) is 3.68. The van der Waals surface area contributed by atoms with Gasteiger partial charge in [0.15, 0.2) is 0 Å². The van der Waals surface area contributed by atoms with Crippen LogP contribution < -0.4 is 0 Å². The smallest absolute Gasteiger partial charge is 0.237 e. The summed E-state index contributed by atoms with van der Waals surface area (Å²) >= 11 is 0. The molecule has 4 rings (SSSR count). The molecule has 2 aliphatic rings. The van der Waals surface area contributed by atoms with Crippen molar-refractivity contribution < 1.29 is 9.59 Å². The fraction of sp³-hybridized carbons (Fsp3) is 0.474. The quantitative estimate of drug-likeness (QED) is 0.876. The number of benzene rings is 1. The van der Waals surface area contributed by atoms with E-state index in [0.29, 0.717) is 6.54 Å². The minimum atomic E-state index is -0.295. The zero-order chi connectivity index (χ0) is 16.8. The van der Waals surface area contributed by atoms with Crippen molar-refractivity contribution in [1.29, 1.82) is 0 Å². The van der Waals surface area contributed by atoms with E-state index < -0.39 is 0 Å². The first-order valence-corrected chi connectivity index (χ1v) is 8.67. The number of amides is 2. The van der Waals surface area contributed by atoms with Gasteiger partial charge in [-0.2, -0.15) is 0 Å². The van der Waals surface area contributed by atoms with Crippen LogP contribution in [0.15, 0.2) is 24.3 Å². The molecule has 0 bridgehead atoms. The molecule has 1 aromatic heterocycles. The van der Waals surface area contributed by atoms with Crippen molar-refractivity contribution in [1.82, 2.24) is 14.8 Å². The minimum absolute atomic E-state index is 0.00513. The molecule has 0 unspecified atom stereocenters. The maximum Gasteiger partial charge on any atom is 0.237 e. The van der Waals surface area contributed by atoms with Crippen LogP contribution in [0.2, 0.25) is 0 Å². The molecule has 0 radical (unpaired) electrons. The molecule has 5 heteroatoms. The van der Waals surface area contributed by atoms with Crippen LogP contribution >= 0.6 is 0 Å². The van der Waals surface area contributed by atoms with Gasteiger partial charge in [-0.1, -0.05) is 18.2 Å². The van der Waals surface area contributed by atoms with Gasteiger partial charge in [0, 0.05) is 23.1 Å². The number of nitrogens with one attached hydrogen (secondary N) is 1. The van der Waals surface area contributed by atoms with Crippen molar-refractivity contribution in [3.8, 4) is 0 Å². The maximum absolute atomic E-state index is 13.0. The van der Waals surface area contributed by atoms with Crippen molar-refractivity contribution in [2.45, 2.75) is 25.2 Å². The molecule has 1 aliphatic carbocycles. The molecule has 1 saturated heterocycles. The topological polar surface area (TPSA) is 56.4 Å².